The Labute approximate surface area is 43.0 Å². The largest absolute Gasteiger partial charge is 0.298 e. The Bertz CT molecular complexity index is 59.1. The highest BCUT2D eigenvalue weighted by Gasteiger charge is 1.83. The first kappa shape index (κ1) is 6.63. The van der Waals surface area contributed by atoms with Gasteiger partial charge in [0, 0.05) is 0 Å². The number of rotatable bonds is 2. The Morgan fingerprint density at radius 1 is 1.86 bits per heavy atom. The molecule has 0 saturated carbocycles. The van der Waals surface area contributed by atoms with E-state index in [0.29, 0.717) is 0 Å². The maximum absolute atomic E-state index is 11.6. The summed E-state index contributed by atoms with van der Waals surface area (Å²) in [6.07, 6.45) is 2.60. The molecule has 1 unspecified atom stereocenters. The van der Waals surface area contributed by atoms with Gasteiger partial charge in [-0.25, -0.2) is 4.39 Å². The van der Waals surface area contributed by atoms with E-state index < -0.39 is 6.30 Å². The van der Waals surface area contributed by atoms with Crippen molar-refractivity contribution in [2.45, 2.75) is 19.6 Å². The third-order valence-corrected chi connectivity index (χ3v) is 0.556. The molecule has 0 fully saturated rings. The van der Waals surface area contributed by atoms with Crippen molar-refractivity contribution in [2.75, 3.05) is 0 Å². The molecule has 7 heavy (non-hydrogen) atoms. The van der Waals surface area contributed by atoms with Crippen LogP contribution in [0.15, 0.2) is 12.2 Å². The molecule has 0 aliphatic heterocycles. The number of halogens is 1. The molecule has 0 aliphatic rings. The minimum atomic E-state index is -1.28. The van der Waals surface area contributed by atoms with Crippen LogP contribution >= 0.6 is 0 Å². The van der Waals surface area contributed by atoms with E-state index in [1.165, 1.54) is 6.08 Å². The summed E-state index contributed by atoms with van der Waals surface area (Å²) in [4.78, 5) is 0. The Morgan fingerprint density at radius 2 is 2.43 bits per heavy atom. The van der Waals surface area contributed by atoms with Gasteiger partial charge in [-0.05, 0) is 12.5 Å². The lowest BCUT2D eigenvalue weighted by Gasteiger charge is -1.85. The van der Waals surface area contributed by atoms with Crippen molar-refractivity contribution >= 4 is 0 Å². The van der Waals surface area contributed by atoms with Crippen molar-refractivity contribution in [1.82, 2.24) is 0 Å². The number of hydrogen-bond donors (Lipinski definition) is 1. The van der Waals surface area contributed by atoms with Crippen LogP contribution in [0, 0.1) is 0 Å². The number of nitrogens with two attached hydrogens (primary N) is 1. The first-order valence-electron chi connectivity index (χ1n) is 2.33. The summed E-state index contributed by atoms with van der Waals surface area (Å²) < 4.78 is 11.6. The van der Waals surface area contributed by atoms with Crippen LogP contribution < -0.4 is 5.73 Å². The van der Waals surface area contributed by atoms with Crippen LogP contribution in [0.4, 0.5) is 4.39 Å². The van der Waals surface area contributed by atoms with Gasteiger partial charge in [-0.15, -0.1) is 0 Å². The summed E-state index contributed by atoms with van der Waals surface area (Å²) in [5.41, 5.74) is 4.72. The highest BCUT2D eigenvalue weighted by atomic mass is 19.1. The summed E-state index contributed by atoms with van der Waals surface area (Å²) in [7, 11) is 0. The van der Waals surface area contributed by atoms with E-state index in [-0.39, 0.29) is 0 Å². The van der Waals surface area contributed by atoms with Gasteiger partial charge in [-0.3, -0.25) is 5.73 Å². The van der Waals surface area contributed by atoms with Crippen LogP contribution in [-0.2, 0) is 0 Å². The monoisotopic (exact) mass is 103 g/mol. The predicted octanol–water partition coefficient (Wildman–Crippen LogP) is 1.21. The van der Waals surface area contributed by atoms with E-state index in [2.05, 4.69) is 0 Å². The minimum absolute atomic E-state index is 0.845. The molecule has 0 radical (unpaired) electrons. The lowest BCUT2D eigenvalue weighted by atomic mass is 10.4. The summed E-state index contributed by atoms with van der Waals surface area (Å²) in [6, 6.07) is 0. The highest BCUT2D eigenvalue weighted by Crippen LogP contribution is 1.84. The second-order valence-electron chi connectivity index (χ2n) is 1.28. The second-order valence-corrected chi connectivity index (χ2v) is 1.28. The Balaban J connectivity index is 3.08. The van der Waals surface area contributed by atoms with Crippen LogP contribution in [0.1, 0.15) is 13.3 Å². The molecule has 1 nitrogen and oxygen atoms in total. The molecule has 2 N–H and O–H groups in total. The maximum atomic E-state index is 11.6. The summed E-state index contributed by atoms with van der Waals surface area (Å²) in [5, 5.41) is 0. The lowest BCUT2D eigenvalue weighted by molar-refractivity contribution is 0.412. The topological polar surface area (TPSA) is 26.0 Å². The molecule has 0 bridgehead atoms. The van der Waals surface area contributed by atoms with Crippen LogP contribution in [0.25, 0.3) is 0 Å². The van der Waals surface area contributed by atoms with Gasteiger partial charge in [0.2, 0.25) is 0 Å². The van der Waals surface area contributed by atoms with Gasteiger partial charge in [-0.1, -0.05) is 13.0 Å². The third kappa shape index (κ3) is 5.63. The van der Waals surface area contributed by atoms with Crippen LogP contribution in [0.5, 0.6) is 0 Å². The Kier molecular flexibility index (Phi) is 3.61. The standard InChI is InChI=1S/C5H10FN/c1-2-3-4-5(6)7/h3-5H,2,7H2,1H3/b4-3-. The molecule has 0 amide bonds. The molecule has 1 atom stereocenters. The quantitative estimate of drug-likeness (QED) is 0.412. The second kappa shape index (κ2) is 3.81. The van der Waals surface area contributed by atoms with E-state index in [9.17, 15) is 4.39 Å². The predicted molar refractivity (Wildman–Crippen MR) is 28.5 cm³/mol. The lowest BCUT2D eigenvalue weighted by Crippen LogP contribution is -2.07. The van der Waals surface area contributed by atoms with Crippen molar-refractivity contribution in [3.05, 3.63) is 12.2 Å². The molecule has 0 saturated heterocycles. The minimum Gasteiger partial charge on any atom is -0.298 e. The first-order valence-corrected chi connectivity index (χ1v) is 2.33. The number of allylic oxidation sites excluding steroid dienone is 1. The first-order chi connectivity index (χ1) is 3.27. The van der Waals surface area contributed by atoms with Crippen molar-refractivity contribution in [3.8, 4) is 0 Å². The fourth-order valence-corrected chi connectivity index (χ4v) is 0.266. The fraction of sp³-hybridized carbons (Fsp3) is 0.600. The van der Waals surface area contributed by atoms with Crippen molar-refractivity contribution in [2.24, 2.45) is 5.73 Å². The van der Waals surface area contributed by atoms with Gasteiger partial charge in [0.1, 0.15) is 0 Å². The molecule has 0 rings (SSSR count). The molecule has 0 heterocycles. The van der Waals surface area contributed by atoms with Gasteiger partial charge < -0.3 is 0 Å². The highest BCUT2D eigenvalue weighted by molar-refractivity contribution is 4.84. The van der Waals surface area contributed by atoms with E-state index in [1.54, 1.807) is 6.08 Å². The summed E-state index contributed by atoms with van der Waals surface area (Å²) in [6.45, 7) is 1.93. The van der Waals surface area contributed by atoms with Gasteiger partial charge in [0.05, 0.1) is 0 Å². The molecular weight excluding hydrogens is 93.1 g/mol. The fourth-order valence-electron chi connectivity index (χ4n) is 0.266. The van der Waals surface area contributed by atoms with Gasteiger partial charge >= 0.3 is 0 Å². The van der Waals surface area contributed by atoms with Gasteiger partial charge in [0.15, 0.2) is 6.30 Å². The number of alkyl halides is 1. The van der Waals surface area contributed by atoms with Gasteiger partial charge in [-0.2, -0.15) is 0 Å². The van der Waals surface area contributed by atoms with Crippen LogP contribution in [-0.4, -0.2) is 6.30 Å². The molecule has 0 spiro atoms. The Hall–Kier alpha value is -0.370. The molecule has 2 heteroatoms. The molecule has 42 valence electrons. The van der Waals surface area contributed by atoms with Crippen LogP contribution in [0.3, 0.4) is 0 Å². The van der Waals surface area contributed by atoms with Crippen LogP contribution in [0.2, 0.25) is 0 Å². The van der Waals surface area contributed by atoms with Crippen molar-refractivity contribution < 1.29 is 4.39 Å². The van der Waals surface area contributed by atoms with E-state index in [1.807, 2.05) is 6.92 Å². The molecular formula is C5H10FN. The van der Waals surface area contributed by atoms with E-state index in [4.69, 9.17) is 5.73 Å². The summed E-state index contributed by atoms with van der Waals surface area (Å²) >= 11 is 0. The van der Waals surface area contributed by atoms with Crippen molar-refractivity contribution in [1.29, 1.82) is 0 Å². The number of hydrogen-bond acceptors (Lipinski definition) is 1. The summed E-state index contributed by atoms with van der Waals surface area (Å²) in [5.74, 6) is 0. The zero-order valence-corrected chi connectivity index (χ0v) is 4.39. The zero-order chi connectivity index (χ0) is 5.70. The average molecular weight is 103 g/mol. The molecule has 0 aromatic rings. The third-order valence-electron chi connectivity index (χ3n) is 0.556. The van der Waals surface area contributed by atoms with E-state index in [0.717, 1.165) is 6.42 Å². The molecule has 0 aromatic carbocycles. The normalized spacial score (nSPS) is 15.3. The zero-order valence-electron chi connectivity index (χ0n) is 4.39. The smallest absolute Gasteiger partial charge is 0.167 e. The Morgan fingerprint density at radius 3 is 2.57 bits per heavy atom. The van der Waals surface area contributed by atoms with Crippen molar-refractivity contribution in [3.63, 3.8) is 0 Å². The SMILES string of the molecule is CC/C=C\C(N)F. The molecule has 0 aliphatic carbocycles. The molecule has 0 aromatic heterocycles. The van der Waals surface area contributed by atoms with E-state index >= 15 is 0 Å². The maximum Gasteiger partial charge on any atom is 0.167 e. The van der Waals surface area contributed by atoms with Gasteiger partial charge in [0.25, 0.3) is 0 Å². The average Bonchev–Trinajstić information content (AvgIpc) is 1.61.